The number of rotatable bonds is 30. The molecule has 0 aliphatic carbocycles. The zero-order valence-corrected chi connectivity index (χ0v) is 25.4. The maximum absolute atomic E-state index is 5.86. The summed E-state index contributed by atoms with van der Waals surface area (Å²) in [6.07, 6.45) is 37.2. The molecule has 0 unspecified atom stereocenters. The summed E-state index contributed by atoms with van der Waals surface area (Å²) in [4.78, 5) is 0. The first-order valence-corrected chi connectivity index (χ1v) is 16.7. The topological polar surface area (TPSA) is 9.23 Å². The molecule has 212 valence electrons. The fourth-order valence-corrected chi connectivity index (χ4v) is 5.15. The van der Waals surface area contributed by atoms with Crippen LogP contribution in [0, 0.1) is 11.8 Å². The van der Waals surface area contributed by atoms with Crippen LogP contribution >= 0.6 is 0 Å². The van der Waals surface area contributed by atoms with Crippen LogP contribution in [0.2, 0.25) is 0 Å². The summed E-state index contributed by atoms with van der Waals surface area (Å²) in [5, 5.41) is 0. The highest BCUT2D eigenvalue weighted by molar-refractivity contribution is 4.52. The van der Waals surface area contributed by atoms with Gasteiger partial charge in [-0.3, -0.25) is 0 Å². The van der Waals surface area contributed by atoms with Gasteiger partial charge in [0.15, 0.2) is 0 Å². The van der Waals surface area contributed by atoms with Crippen LogP contribution in [0.15, 0.2) is 0 Å². The van der Waals surface area contributed by atoms with E-state index in [1.165, 1.54) is 167 Å². The predicted molar refractivity (Wildman–Crippen MR) is 161 cm³/mol. The maximum Gasteiger partial charge on any atom is 0.0466 e. The first kappa shape index (κ1) is 35.0. The molecule has 0 fully saturated rings. The SMILES string of the molecule is CC(C)CCCCCCCCCCCCCCOCCCCCCCCCCCCCCC(C)C. The van der Waals surface area contributed by atoms with Crippen molar-refractivity contribution in [1.82, 2.24) is 0 Å². The fraction of sp³-hybridized carbons (Fsp3) is 1.00. The Morgan fingerprint density at radius 3 is 0.714 bits per heavy atom. The minimum absolute atomic E-state index is 0.889. The quantitative estimate of drug-likeness (QED) is 0.0902. The van der Waals surface area contributed by atoms with E-state index in [2.05, 4.69) is 27.7 Å². The first-order chi connectivity index (χ1) is 17.1. The molecular formula is C34H70O. The van der Waals surface area contributed by atoms with Gasteiger partial charge in [0, 0.05) is 13.2 Å². The van der Waals surface area contributed by atoms with Crippen molar-refractivity contribution in [3.05, 3.63) is 0 Å². The molecule has 0 aliphatic rings. The zero-order chi connectivity index (χ0) is 25.7. The van der Waals surface area contributed by atoms with E-state index in [-0.39, 0.29) is 0 Å². The van der Waals surface area contributed by atoms with Crippen LogP contribution in [0.3, 0.4) is 0 Å². The van der Waals surface area contributed by atoms with Gasteiger partial charge >= 0.3 is 0 Å². The van der Waals surface area contributed by atoms with E-state index in [1.807, 2.05) is 0 Å². The molecule has 1 nitrogen and oxygen atoms in total. The Morgan fingerprint density at radius 2 is 0.486 bits per heavy atom. The van der Waals surface area contributed by atoms with E-state index in [1.54, 1.807) is 0 Å². The molecule has 0 N–H and O–H groups in total. The Hall–Kier alpha value is -0.0400. The predicted octanol–water partition coefficient (Wildman–Crippen LogP) is 12.5. The first-order valence-electron chi connectivity index (χ1n) is 16.7. The Balaban J connectivity index is 3.02. The Kier molecular flexibility index (Phi) is 30.2. The Bertz CT molecular complexity index is 328. The zero-order valence-electron chi connectivity index (χ0n) is 25.4. The molecule has 0 saturated heterocycles. The van der Waals surface area contributed by atoms with Crippen molar-refractivity contribution in [2.24, 2.45) is 11.8 Å². The van der Waals surface area contributed by atoms with Crippen LogP contribution in [0.1, 0.15) is 195 Å². The number of hydrogen-bond acceptors (Lipinski definition) is 1. The molecule has 0 aromatic rings. The van der Waals surface area contributed by atoms with Crippen LogP contribution in [0.5, 0.6) is 0 Å². The minimum Gasteiger partial charge on any atom is -0.381 e. The summed E-state index contributed by atoms with van der Waals surface area (Å²) >= 11 is 0. The summed E-state index contributed by atoms with van der Waals surface area (Å²) in [5.74, 6) is 1.78. The van der Waals surface area contributed by atoms with Gasteiger partial charge in [0.2, 0.25) is 0 Å². The summed E-state index contributed by atoms with van der Waals surface area (Å²) in [6, 6.07) is 0. The van der Waals surface area contributed by atoms with Crippen LogP contribution in [-0.4, -0.2) is 13.2 Å². The van der Waals surface area contributed by atoms with Gasteiger partial charge in [-0.15, -0.1) is 0 Å². The van der Waals surface area contributed by atoms with Crippen molar-refractivity contribution in [3.63, 3.8) is 0 Å². The molecule has 0 bridgehead atoms. The van der Waals surface area contributed by atoms with Gasteiger partial charge < -0.3 is 4.74 Å². The van der Waals surface area contributed by atoms with Crippen LogP contribution in [-0.2, 0) is 4.74 Å². The maximum atomic E-state index is 5.86. The van der Waals surface area contributed by atoms with Crippen molar-refractivity contribution >= 4 is 0 Å². The van der Waals surface area contributed by atoms with Crippen LogP contribution < -0.4 is 0 Å². The lowest BCUT2D eigenvalue weighted by atomic mass is 10.0. The standard InChI is InChI=1S/C34H70O/c1-33(2)29-25-21-17-13-9-5-7-11-15-19-23-27-31-35-32-28-24-20-16-12-8-6-10-14-18-22-26-30-34(3)4/h33-34H,5-32H2,1-4H3. The molecule has 0 aliphatic heterocycles. The van der Waals surface area contributed by atoms with Crippen molar-refractivity contribution in [1.29, 1.82) is 0 Å². The van der Waals surface area contributed by atoms with Crippen molar-refractivity contribution in [2.45, 2.75) is 195 Å². The molecule has 0 aromatic heterocycles. The summed E-state index contributed by atoms with van der Waals surface area (Å²) in [6.45, 7) is 11.4. The second kappa shape index (κ2) is 30.2. The second-order valence-electron chi connectivity index (χ2n) is 12.5. The lowest BCUT2D eigenvalue weighted by molar-refractivity contribution is 0.125. The summed E-state index contributed by atoms with van der Waals surface area (Å²) in [7, 11) is 0. The van der Waals surface area contributed by atoms with Gasteiger partial charge in [0.1, 0.15) is 0 Å². The fourth-order valence-electron chi connectivity index (χ4n) is 5.15. The number of ether oxygens (including phenoxy) is 1. The van der Waals surface area contributed by atoms with E-state index in [0.717, 1.165) is 25.0 Å². The molecule has 0 atom stereocenters. The Labute approximate surface area is 224 Å². The largest absolute Gasteiger partial charge is 0.381 e. The highest BCUT2D eigenvalue weighted by Crippen LogP contribution is 2.15. The molecule has 0 spiro atoms. The van der Waals surface area contributed by atoms with E-state index in [9.17, 15) is 0 Å². The molecule has 0 saturated carbocycles. The van der Waals surface area contributed by atoms with E-state index >= 15 is 0 Å². The summed E-state index contributed by atoms with van der Waals surface area (Å²) in [5.41, 5.74) is 0. The van der Waals surface area contributed by atoms with Gasteiger partial charge in [0.25, 0.3) is 0 Å². The molecule has 1 heteroatoms. The summed E-state index contributed by atoms with van der Waals surface area (Å²) < 4.78 is 5.86. The van der Waals surface area contributed by atoms with Gasteiger partial charge in [-0.2, -0.15) is 0 Å². The third kappa shape index (κ3) is 34.0. The highest BCUT2D eigenvalue weighted by atomic mass is 16.5. The molecule has 0 radical (unpaired) electrons. The third-order valence-corrected chi connectivity index (χ3v) is 7.64. The molecule has 35 heavy (non-hydrogen) atoms. The smallest absolute Gasteiger partial charge is 0.0466 e. The van der Waals surface area contributed by atoms with Gasteiger partial charge in [-0.1, -0.05) is 182 Å². The molecule has 0 amide bonds. The van der Waals surface area contributed by atoms with Gasteiger partial charge in [-0.05, 0) is 24.7 Å². The van der Waals surface area contributed by atoms with Gasteiger partial charge in [-0.25, -0.2) is 0 Å². The molecular weight excluding hydrogens is 424 g/mol. The van der Waals surface area contributed by atoms with Crippen molar-refractivity contribution in [3.8, 4) is 0 Å². The molecule has 0 rings (SSSR count). The average molecular weight is 495 g/mol. The third-order valence-electron chi connectivity index (χ3n) is 7.64. The lowest BCUT2D eigenvalue weighted by Crippen LogP contribution is -1.97. The second-order valence-corrected chi connectivity index (χ2v) is 12.5. The van der Waals surface area contributed by atoms with Gasteiger partial charge in [0.05, 0.1) is 0 Å². The number of unbranched alkanes of at least 4 members (excludes halogenated alkanes) is 22. The molecule has 0 heterocycles. The lowest BCUT2D eigenvalue weighted by Gasteiger charge is -2.06. The van der Waals surface area contributed by atoms with E-state index in [0.29, 0.717) is 0 Å². The van der Waals surface area contributed by atoms with E-state index < -0.39 is 0 Å². The average Bonchev–Trinajstić information content (AvgIpc) is 2.82. The van der Waals surface area contributed by atoms with Crippen LogP contribution in [0.4, 0.5) is 0 Å². The van der Waals surface area contributed by atoms with E-state index in [4.69, 9.17) is 4.74 Å². The highest BCUT2D eigenvalue weighted by Gasteiger charge is 1.98. The number of hydrogen-bond donors (Lipinski definition) is 0. The van der Waals surface area contributed by atoms with Crippen molar-refractivity contribution < 1.29 is 4.74 Å². The monoisotopic (exact) mass is 495 g/mol. The van der Waals surface area contributed by atoms with Crippen molar-refractivity contribution in [2.75, 3.05) is 13.2 Å². The Morgan fingerprint density at radius 1 is 0.286 bits per heavy atom. The minimum atomic E-state index is 0.889. The van der Waals surface area contributed by atoms with Crippen LogP contribution in [0.25, 0.3) is 0 Å². The normalized spacial score (nSPS) is 11.8. The molecule has 0 aromatic carbocycles.